The summed E-state index contributed by atoms with van der Waals surface area (Å²) in [4.78, 5) is 13.7. The van der Waals surface area contributed by atoms with Crippen molar-refractivity contribution in [2.75, 3.05) is 7.05 Å². The fraction of sp³-hybridized carbons (Fsp3) is 0.0462. The highest BCUT2D eigenvalue weighted by molar-refractivity contribution is 6.14. The third-order valence-corrected chi connectivity index (χ3v) is 14.3. The summed E-state index contributed by atoms with van der Waals surface area (Å²) in [6.07, 6.45) is -0.406. The van der Waals surface area contributed by atoms with Gasteiger partial charge in [0.25, 0.3) is 0 Å². The smallest absolute Gasteiger partial charge is 0.159 e. The maximum Gasteiger partial charge on any atom is 0.159 e. The molecule has 0 radical (unpaired) electrons. The molecule has 3 aliphatic rings. The van der Waals surface area contributed by atoms with E-state index in [1.807, 2.05) is 0 Å². The second-order valence-electron chi connectivity index (χ2n) is 18.1. The Morgan fingerprint density at radius 2 is 0.676 bits per heavy atom. The van der Waals surface area contributed by atoms with Crippen molar-refractivity contribution >= 4 is 11.7 Å². The first-order valence-electron chi connectivity index (χ1n) is 23.5. The van der Waals surface area contributed by atoms with Crippen molar-refractivity contribution in [3.63, 3.8) is 0 Å². The first-order chi connectivity index (χ1) is 33.6. The third kappa shape index (κ3) is 6.35. The average Bonchev–Trinajstić information content (AvgIpc) is 3.89. The van der Waals surface area contributed by atoms with E-state index >= 15 is 0 Å². The van der Waals surface area contributed by atoms with Crippen LogP contribution in [0.15, 0.2) is 259 Å². The van der Waals surface area contributed by atoms with E-state index in [2.05, 4.69) is 261 Å². The molecule has 0 saturated heterocycles. The highest BCUT2D eigenvalue weighted by atomic mass is 15.3. The topological polar surface area (TPSA) is 28.0 Å². The second-order valence-corrected chi connectivity index (χ2v) is 18.1. The molecule has 0 saturated carbocycles. The number of aliphatic imine (C=N–C) groups is 2. The molecular formula is C65H45N3. The fourth-order valence-corrected chi connectivity index (χ4v) is 11.2. The van der Waals surface area contributed by atoms with E-state index in [9.17, 15) is 0 Å². The molecule has 0 N–H and O–H groups in total. The van der Waals surface area contributed by atoms with Crippen LogP contribution in [0.2, 0.25) is 0 Å². The zero-order chi connectivity index (χ0) is 45.2. The van der Waals surface area contributed by atoms with Crippen molar-refractivity contribution in [2.24, 2.45) is 9.98 Å². The summed E-state index contributed by atoms with van der Waals surface area (Å²) in [6.45, 7) is 0. The Labute approximate surface area is 397 Å². The molecular weight excluding hydrogens is 823 g/mol. The van der Waals surface area contributed by atoms with Gasteiger partial charge in [-0.3, -0.25) is 0 Å². The zero-order valence-electron chi connectivity index (χ0n) is 37.6. The summed E-state index contributed by atoms with van der Waals surface area (Å²) in [6, 6.07) is 90.5. The van der Waals surface area contributed by atoms with Crippen molar-refractivity contribution in [3.8, 4) is 66.8 Å². The summed E-state index contributed by atoms with van der Waals surface area (Å²) in [5.74, 6) is 1.55. The van der Waals surface area contributed by atoms with E-state index in [1.165, 1.54) is 44.5 Å². The number of nitrogens with zero attached hydrogens (tertiary/aromatic N) is 3. The lowest BCUT2D eigenvalue weighted by atomic mass is 9.70. The largest absolute Gasteiger partial charge is 0.333 e. The van der Waals surface area contributed by atoms with Gasteiger partial charge in [-0.25, -0.2) is 9.98 Å². The van der Waals surface area contributed by atoms with Gasteiger partial charge in [-0.05, 0) is 137 Å². The molecule has 68 heavy (non-hydrogen) atoms. The van der Waals surface area contributed by atoms with Crippen LogP contribution in [0.1, 0.15) is 45.1 Å². The van der Waals surface area contributed by atoms with Crippen molar-refractivity contribution < 1.29 is 0 Å². The summed E-state index contributed by atoms with van der Waals surface area (Å²) in [5, 5.41) is 0. The number of amidine groups is 2. The van der Waals surface area contributed by atoms with Crippen LogP contribution in [-0.4, -0.2) is 23.6 Å². The van der Waals surface area contributed by atoms with Gasteiger partial charge in [0.05, 0.1) is 5.41 Å². The molecule has 1 unspecified atom stereocenters. The maximum atomic E-state index is 5.74. The predicted molar refractivity (Wildman–Crippen MR) is 281 cm³/mol. The minimum atomic E-state index is -0.477. The Morgan fingerprint density at radius 1 is 0.324 bits per heavy atom. The number of rotatable bonds is 7. The molecule has 3 heteroatoms. The van der Waals surface area contributed by atoms with Gasteiger partial charge in [-0.15, -0.1) is 0 Å². The minimum Gasteiger partial charge on any atom is -0.333 e. The fourth-order valence-electron chi connectivity index (χ4n) is 11.2. The van der Waals surface area contributed by atoms with Crippen molar-refractivity contribution in [3.05, 3.63) is 288 Å². The minimum absolute atomic E-state index is 0.406. The van der Waals surface area contributed by atoms with Crippen molar-refractivity contribution in [1.82, 2.24) is 4.90 Å². The van der Waals surface area contributed by atoms with Gasteiger partial charge in [0.1, 0.15) is 5.84 Å². The first-order valence-corrected chi connectivity index (χ1v) is 23.5. The van der Waals surface area contributed by atoms with Gasteiger partial charge in [0.15, 0.2) is 12.0 Å². The molecule has 1 aliphatic heterocycles. The van der Waals surface area contributed by atoms with Gasteiger partial charge in [0, 0.05) is 18.2 Å². The highest BCUT2D eigenvalue weighted by Gasteiger charge is 2.51. The van der Waals surface area contributed by atoms with Crippen molar-refractivity contribution in [2.45, 2.75) is 11.6 Å². The molecule has 1 heterocycles. The van der Waals surface area contributed by atoms with Gasteiger partial charge in [-0.1, -0.05) is 206 Å². The Hall–Kier alpha value is -8.66. The predicted octanol–water partition coefficient (Wildman–Crippen LogP) is 15.5. The third-order valence-electron chi connectivity index (χ3n) is 14.3. The quantitative estimate of drug-likeness (QED) is 0.157. The molecule has 10 aromatic rings. The van der Waals surface area contributed by atoms with E-state index in [0.29, 0.717) is 5.84 Å². The Kier molecular flexibility index (Phi) is 9.36. The SMILES string of the molecule is CN1C(c2cc(-c3ccccc3)cc(-c3ccccc3)c2)=NC(c2cc(-c3ccccc3)cc(-c3ccccc3)c2)=NC1c1ccc2c(c1)C1(c3ccccc3-c3ccccc31)c1ccccc1-2. The molecule has 10 aromatic carbocycles. The standard InChI is InChI=1S/C65H45N3/c1-68-63(47-34-35-57-56-30-16-19-33-60(56)65(61(57)42-47)58-31-17-14-28-54(58)55-29-15-18-32-59(55)65)66-62(52-38-48(43-20-6-2-7-21-43)36-49(39-52)44-22-8-3-9-23-44)67-64(68)53-40-50(45-24-10-4-11-25-45)37-51(41-53)46-26-12-5-13-27-46/h2-42,63H,1H3. The van der Waals surface area contributed by atoms with Crippen LogP contribution in [0, 0.1) is 0 Å². The molecule has 13 rings (SSSR count). The number of hydrogen-bond donors (Lipinski definition) is 0. The maximum absolute atomic E-state index is 5.74. The monoisotopic (exact) mass is 867 g/mol. The lowest BCUT2D eigenvalue weighted by Gasteiger charge is -2.34. The molecule has 2 aliphatic carbocycles. The summed E-state index contributed by atoms with van der Waals surface area (Å²) < 4.78 is 0. The van der Waals surface area contributed by atoms with Crippen LogP contribution in [-0.2, 0) is 5.41 Å². The molecule has 1 atom stereocenters. The summed E-state index contributed by atoms with van der Waals surface area (Å²) >= 11 is 0. The lowest BCUT2D eigenvalue weighted by molar-refractivity contribution is 0.382. The van der Waals surface area contributed by atoms with Gasteiger partial charge < -0.3 is 4.90 Å². The second kappa shape index (κ2) is 16.0. The average molecular weight is 868 g/mol. The number of fused-ring (bicyclic) bond motifs is 10. The van der Waals surface area contributed by atoms with E-state index in [-0.39, 0.29) is 0 Å². The van der Waals surface area contributed by atoms with Crippen LogP contribution in [0.5, 0.6) is 0 Å². The number of hydrogen-bond acceptors (Lipinski definition) is 3. The van der Waals surface area contributed by atoms with Crippen LogP contribution >= 0.6 is 0 Å². The van der Waals surface area contributed by atoms with E-state index in [4.69, 9.17) is 9.98 Å². The summed E-state index contributed by atoms with van der Waals surface area (Å²) in [7, 11) is 2.16. The number of benzene rings is 10. The van der Waals surface area contributed by atoms with E-state index in [0.717, 1.165) is 67.0 Å². The van der Waals surface area contributed by atoms with Crippen LogP contribution < -0.4 is 0 Å². The lowest BCUT2D eigenvalue weighted by Crippen LogP contribution is -2.36. The van der Waals surface area contributed by atoms with E-state index in [1.54, 1.807) is 0 Å². The zero-order valence-corrected chi connectivity index (χ0v) is 37.6. The highest BCUT2D eigenvalue weighted by Crippen LogP contribution is 2.63. The summed E-state index contributed by atoms with van der Waals surface area (Å²) in [5.41, 5.74) is 22.1. The van der Waals surface area contributed by atoms with Crippen LogP contribution in [0.4, 0.5) is 0 Å². The van der Waals surface area contributed by atoms with Gasteiger partial charge in [0.2, 0.25) is 0 Å². The molecule has 0 fully saturated rings. The Bertz CT molecular complexity index is 3450. The molecule has 0 aromatic heterocycles. The van der Waals surface area contributed by atoms with Crippen molar-refractivity contribution in [1.29, 1.82) is 0 Å². The normalized spacial score (nSPS) is 15.0. The Morgan fingerprint density at radius 3 is 1.10 bits per heavy atom. The molecule has 3 nitrogen and oxygen atoms in total. The van der Waals surface area contributed by atoms with Gasteiger partial charge >= 0.3 is 0 Å². The molecule has 0 bridgehead atoms. The molecule has 320 valence electrons. The van der Waals surface area contributed by atoms with E-state index < -0.39 is 11.6 Å². The molecule has 0 amide bonds. The Balaban J connectivity index is 1.05. The first kappa shape index (κ1) is 39.7. The molecule has 1 spiro atoms. The van der Waals surface area contributed by atoms with Crippen LogP contribution in [0.3, 0.4) is 0 Å². The van der Waals surface area contributed by atoms with Gasteiger partial charge in [-0.2, -0.15) is 0 Å². The van der Waals surface area contributed by atoms with Crippen LogP contribution in [0.25, 0.3) is 66.8 Å².